The second kappa shape index (κ2) is 7.75. The first-order chi connectivity index (χ1) is 10.2. The quantitative estimate of drug-likeness (QED) is 0.643. The average molecular weight is 355 g/mol. The zero-order valence-corrected chi connectivity index (χ0v) is 14.0. The van der Waals surface area contributed by atoms with Crippen LogP contribution >= 0.6 is 15.9 Å². The van der Waals surface area contributed by atoms with Crippen LogP contribution in [0.3, 0.4) is 0 Å². The van der Waals surface area contributed by atoms with Crippen LogP contribution in [0.4, 0.5) is 5.82 Å². The Morgan fingerprint density at radius 1 is 1.52 bits per heavy atom. The highest BCUT2D eigenvalue weighted by Gasteiger charge is 2.23. The summed E-state index contributed by atoms with van der Waals surface area (Å²) >= 11 is 3.36. The summed E-state index contributed by atoms with van der Waals surface area (Å²) in [6.07, 6.45) is 7.49. The highest BCUT2D eigenvalue weighted by molar-refractivity contribution is 9.10. The summed E-state index contributed by atoms with van der Waals surface area (Å²) in [5.74, 6) is 6.65. The first-order valence-corrected chi connectivity index (χ1v) is 8.36. The predicted octanol–water partition coefficient (Wildman–Crippen LogP) is 3.17. The fraction of sp³-hybridized carbons (Fsp3) is 0.600. The van der Waals surface area contributed by atoms with E-state index in [0.29, 0.717) is 11.4 Å². The molecule has 21 heavy (non-hydrogen) atoms. The largest absolute Gasteiger partial charge is 0.339 e. The lowest BCUT2D eigenvalue weighted by atomic mass is 9.96. The van der Waals surface area contributed by atoms with Gasteiger partial charge in [-0.2, -0.15) is 0 Å². The molecular weight excluding hydrogens is 332 g/mol. The van der Waals surface area contributed by atoms with Crippen LogP contribution in [0.25, 0.3) is 0 Å². The van der Waals surface area contributed by atoms with Crippen LogP contribution in [0.15, 0.2) is 16.7 Å². The highest BCUT2D eigenvalue weighted by Crippen LogP contribution is 2.25. The third kappa shape index (κ3) is 4.17. The van der Waals surface area contributed by atoms with Gasteiger partial charge in [-0.25, -0.2) is 10.8 Å². The van der Waals surface area contributed by atoms with Crippen LogP contribution in [0.5, 0.6) is 0 Å². The molecule has 0 aromatic carbocycles. The van der Waals surface area contributed by atoms with Gasteiger partial charge in [0.25, 0.3) is 5.91 Å². The van der Waals surface area contributed by atoms with E-state index < -0.39 is 0 Å². The van der Waals surface area contributed by atoms with Gasteiger partial charge in [0.05, 0.1) is 5.56 Å². The number of hydrogen-bond acceptors (Lipinski definition) is 4. The van der Waals surface area contributed by atoms with Crippen molar-refractivity contribution in [3.05, 3.63) is 22.3 Å². The minimum atomic E-state index is 0.00824. The third-order valence-corrected chi connectivity index (χ3v) is 4.49. The maximum Gasteiger partial charge on any atom is 0.257 e. The Balaban J connectivity index is 2.11. The number of carbonyl (C=O) groups is 1. The van der Waals surface area contributed by atoms with Crippen molar-refractivity contribution in [2.45, 2.75) is 39.0 Å². The molecule has 2 rings (SSSR count). The van der Waals surface area contributed by atoms with E-state index in [-0.39, 0.29) is 5.91 Å². The van der Waals surface area contributed by atoms with E-state index >= 15 is 0 Å². The van der Waals surface area contributed by atoms with E-state index in [9.17, 15) is 4.79 Å². The lowest BCUT2D eigenvalue weighted by molar-refractivity contribution is 0.0760. The number of nitrogens with one attached hydrogen (secondary N) is 1. The maximum atomic E-state index is 12.7. The number of nitrogens with two attached hydrogens (primary N) is 1. The number of hydrazine groups is 1. The van der Waals surface area contributed by atoms with Crippen molar-refractivity contribution < 1.29 is 4.79 Å². The number of nitrogen functional groups attached to an aromatic ring is 1. The van der Waals surface area contributed by atoms with Crippen LogP contribution in [0, 0.1) is 5.92 Å². The molecule has 0 spiro atoms. The van der Waals surface area contributed by atoms with Crippen LogP contribution in [-0.2, 0) is 0 Å². The summed E-state index contributed by atoms with van der Waals surface area (Å²) in [7, 11) is 0. The summed E-state index contributed by atoms with van der Waals surface area (Å²) in [5.41, 5.74) is 3.04. The third-order valence-electron chi connectivity index (χ3n) is 4.05. The molecule has 1 aliphatic heterocycles. The van der Waals surface area contributed by atoms with Crippen LogP contribution in [0.1, 0.15) is 49.4 Å². The standard InChI is InChI=1S/C15H23BrN4O/c1-2-4-11-5-3-7-20(8-6-11)15(21)13-9-12(16)10-18-14(13)19-17/h9-11H,2-8,17H2,1H3,(H,18,19). The Hall–Kier alpha value is -1.14. The van der Waals surface area contributed by atoms with Crippen LogP contribution < -0.4 is 11.3 Å². The van der Waals surface area contributed by atoms with Gasteiger partial charge in [-0.15, -0.1) is 0 Å². The number of carbonyl (C=O) groups excluding carboxylic acids is 1. The van der Waals surface area contributed by atoms with Gasteiger partial charge in [0.15, 0.2) is 5.82 Å². The molecule has 0 saturated carbocycles. The van der Waals surface area contributed by atoms with Crippen LogP contribution in [0.2, 0.25) is 0 Å². The molecule has 1 atom stereocenters. The molecule has 1 fully saturated rings. The molecule has 2 heterocycles. The zero-order chi connectivity index (χ0) is 15.2. The number of hydrogen-bond donors (Lipinski definition) is 2. The number of nitrogens with zero attached hydrogens (tertiary/aromatic N) is 2. The molecule has 1 aromatic heterocycles. The minimum Gasteiger partial charge on any atom is -0.339 e. The Morgan fingerprint density at radius 2 is 2.33 bits per heavy atom. The van der Waals surface area contributed by atoms with E-state index in [1.54, 1.807) is 12.3 Å². The van der Waals surface area contributed by atoms with E-state index in [2.05, 4.69) is 33.3 Å². The lowest BCUT2D eigenvalue weighted by Crippen LogP contribution is -2.33. The smallest absolute Gasteiger partial charge is 0.257 e. The SMILES string of the molecule is CCCC1CCCN(C(=O)c2cc(Br)cnc2NN)CC1. The summed E-state index contributed by atoms with van der Waals surface area (Å²) in [5, 5.41) is 0. The van der Waals surface area contributed by atoms with Gasteiger partial charge < -0.3 is 10.3 Å². The molecule has 1 saturated heterocycles. The molecule has 0 radical (unpaired) electrons. The van der Waals surface area contributed by atoms with Crippen molar-refractivity contribution in [1.82, 2.24) is 9.88 Å². The summed E-state index contributed by atoms with van der Waals surface area (Å²) < 4.78 is 0.781. The van der Waals surface area contributed by atoms with Gasteiger partial charge in [0, 0.05) is 23.8 Å². The highest BCUT2D eigenvalue weighted by atomic mass is 79.9. The summed E-state index contributed by atoms with van der Waals surface area (Å²) in [6.45, 7) is 3.86. The number of halogens is 1. The van der Waals surface area contributed by atoms with Gasteiger partial charge >= 0.3 is 0 Å². The number of pyridine rings is 1. The second-order valence-corrected chi connectivity index (χ2v) is 6.49. The van der Waals surface area contributed by atoms with Gasteiger partial charge in [-0.05, 0) is 47.2 Å². The van der Waals surface area contributed by atoms with Crippen molar-refractivity contribution in [1.29, 1.82) is 0 Å². The van der Waals surface area contributed by atoms with Crippen molar-refractivity contribution in [2.75, 3.05) is 18.5 Å². The molecule has 6 heteroatoms. The Bertz CT molecular complexity index is 495. The number of aromatic nitrogens is 1. The molecule has 3 N–H and O–H groups in total. The van der Waals surface area contributed by atoms with Gasteiger partial charge in [-0.3, -0.25) is 4.79 Å². The van der Waals surface area contributed by atoms with Crippen molar-refractivity contribution in [2.24, 2.45) is 11.8 Å². The van der Waals surface area contributed by atoms with Gasteiger partial charge in [-0.1, -0.05) is 19.8 Å². The predicted molar refractivity (Wildman–Crippen MR) is 87.9 cm³/mol. The molecule has 0 bridgehead atoms. The Kier molecular flexibility index (Phi) is 5.99. The topological polar surface area (TPSA) is 71.2 Å². The van der Waals surface area contributed by atoms with Gasteiger partial charge in [0.1, 0.15) is 0 Å². The van der Waals surface area contributed by atoms with E-state index in [1.165, 1.54) is 19.3 Å². The fourth-order valence-electron chi connectivity index (χ4n) is 2.95. The molecule has 1 amide bonds. The number of rotatable bonds is 4. The first-order valence-electron chi connectivity index (χ1n) is 7.57. The number of anilines is 1. The molecule has 1 aliphatic rings. The molecule has 1 aromatic rings. The Morgan fingerprint density at radius 3 is 3.05 bits per heavy atom. The first kappa shape index (κ1) is 16.2. The lowest BCUT2D eigenvalue weighted by Gasteiger charge is -2.21. The van der Waals surface area contributed by atoms with Crippen molar-refractivity contribution in [3.8, 4) is 0 Å². The molecule has 0 aliphatic carbocycles. The fourth-order valence-corrected chi connectivity index (χ4v) is 3.28. The molecule has 116 valence electrons. The Labute approximate surface area is 134 Å². The maximum absolute atomic E-state index is 12.7. The molecule has 5 nitrogen and oxygen atoms in total. The van der Waals surface area contributed by atoms with Gasteiger partial charge in [0.2, 0.25) is 0 Å². The minimum absolute atomic E-state index is 0.00824. The summed E-state index contributed by atoms with van der Waals surface area (Å²) in [4.78, 5) is 18.8. The number of amides is 1. The van der Waals surface area contributed by atoms with Crippen molar-refractivity contribution >= 4 is 27.7 Å². The number of likely N-dealkylation sites (tertiary alicyclic amines) is 1. The van der Waals surface area contributed by atoms with E-state index in [4.69, 9.17) is 5.84 Å². The normalized spacial score (nSPS) is 19.2. The summed E-state index contributed by atoms with van der Waals surface area (Å²) in [6, 6.07) is 1.78. The van der Waals surface area contributed by atoms with Crippen molar-refractivity contribution in [3.63, 3.8) is 0 Å². The van der Waals surface area contributed by atoms with E-state index in [1.807, 2.05) is 4.90 Å². The second-order valence-electron chi connectivity index (χ2n) is 5.57. The zero-order valence-electron chi connectivity index (χ0n) is 12.4. The molecule has 1 unspecified atom stereocenters. The average Bonchev–Trinajstić information content (AvgIpc) is 2.72. The van der Waals surface area contributed by atoms with Crippen LogP contribution in [-0.4, -0.2) is 28.9 Å². The van der Waals surface area contributed by atoms with E-state index in [0.717, 1.165) is 36.3 Å². The molecular formula is C15H23BrN4O. The monoisotopic (exact) mass is 354 g/mol.